The lowest BCUT2D eigenvalue weighted by Crippen LogP contribution is -2.44. The van der Waals surface area contributed by atoms with Crippen LogP contribution in [0.3, 0.4) is 0 Å². The SMILES string of the molecule is COc1cc(Nc2ncc3c(=O)n4n(c3n2)-c2ccc3c(n2)N(CCCCC4)C(=O)CO3)cc(N2CCN(C)CC2)c1. The molecule has 3 aliphatic heterocycles. The molecule has 0 spiro atoms. The van der Waals surface area contributed by atoms with Crippen LogP contribution in [0.1, 0.15) is 19.3 Å². The van der Waals surface area contributed by atoms with Crippen LogP contribution in [0.15, 0.2) is 41.3 Å². The van der Waals surface area contributed by atoms with E-state index in [9.17, 15) is 9.59 Å². The molecule has 3 aromatic heterocycles. The molecule has 218 valence electrons. The zero-order valence-electron chi connectivity index (χ0n) is 23.7. The molecule has 1 aromatic carbocycles. The highest BCUT2D eigenvalue weighted by atomic mass is 16.5. The predicted molar refractivity (Wildman–Crippen MR) is 159 cm³/mol. The van der Waals surface area contributed by atoms with E-state index >= 15 is 0 Å². The summed E-state index contributed by atoms with van der Waals surface area (Å²) in [5, 5.41) is 3.72. The second kappa shape index (κ2) is 10.6. The van der Waals surface area contributed by atoms with E-state index in [0.717, 1.165) is 62.6 Å². The number of nitrogens with one attached hydrogen (secondary N) is 1. The van der Waals surface area contributed by atoms with Crippen LogP contribution < -0.4 is 30.1 Å². The minimum atomic E-state index is -0.182. The zero-order chi connectivity index (χ0) is 28.8. The molecule has 0 saturated carbocycles. The van der Waals surface area contributed by atoms with Gasteiger partial charge in [0.05, 0.1) is 7.11 Å². The number of benzene rings is 1. The van der Waals surface area contributed by atoms with Gasteiger partial charge in [-0.3, -0.25) is 14.5 Å². The van der Waals surface area contributed by atoms with Gasteiger partial charge in [0.15, 0.2) is 29.6 Å². The smallest absolute Gasteiger partial charge is 0.278 e. The van der Waals surface area contributed by atoms with Crippen molar-refractivity contribution in [2.24, 2.45) is 0 Å². The van der Waals surface area contributed by atoms with Crippen LogP contribution >= 0.6 is 0 Å². The van der Waals surface area contributed by atoms with E-state index in [2.05, 4.69) is 33.2 Å². The van der Waals surface area contributed by atoms with Crippen molar-refractivity contribution in [3.8, 4) is 17.3 Å². The van der Waals surface area contributed by atoms with E-state index in [-0.39, 0.29) is 18.1 Å². The van der Waals surface area contributed by atoms with Gasteiger partial charge in [-0.25, -0.2) is 19.3 Å². The fourth-order valence-electron chi connectivity index (χ4n) is 5.80. The summed E-state index contributed by atoms with van der Waals surface area (Å²) in [6.07, 6.45) is 3.99. The quantitative estimate of drug-likeness (QED) is 0.391. The lowest BCUT2D eigenvalue weighted by atomic mass is 10.2. The number of rotatable bonds is 4. The Balaban J connectivity index is 1.30. The third kappa shape index (κ3) is 4.69. The number of fused-ring (bicyclic) bond motifs is 5. The zero-order valence-corrected chi connectivity index (χ0v) is 23.7. The van der Waals surface area contributed by atoms with Crippen LogP contribution in [0, 0.1) is 0 Å². The molecular weight excluding hydrogens is 538 g/mol. The van der Waals surface area contributed by atoms with E-state index in [1.54, 1.807) is 39.7 Å². The molecule has 42 heavy (non-hydrogen) atoms. The maximum absolute atomic E-state index is 13.6. The molecule has 13 heteroatoms. The average molecular weight is 572 g/mol. The summed E-state index contributed by atoms with van der Waals surface area (Å²) in [5.41, 5.74) is 2.08. The highest BCUT2D eigenvalue weighted by Gasteiger charge is 2.29. The average Bonchev–Trinajstić information content (AvgIpc) is 3.26. The number of carbonyl (C=O) groups is 1. The summed E-state index contributed by atoms with van der Waals surface area (Å²) < 4.78 is 14.7. The number of pyridine rings is 1. The molecule has 13 nitrogen and oxygen atoms in total. The molecule has 1 saturated heterocycles. The molecule has 1 fully saturated rings. The van der Waals surface area contributed by atoms with Gasteiger partial charge in [0.25, 0.3) is 11.5 Å². The van der Waals surface area contributed by atoms with Crippen LogP contribution in [0.2, 0.25) is 0 Å². The van der Waals surface area contributed by atoms with Crippen molar-refractivity contribution >= 4 is 40.1 Å². The highest BCUT2D eigenvalue weighted by Crippen LogP contribution is 2.33. The number of likely N-dealkylation sites (N-methyl/N-ethyl adjacent to an activating group) is 1. The third-order valence-electron chi connectivity index (χ3n) is 8.13. The van der Waals surface area contributed by atoms with E-state index in [4.69, 9.17) is 19.4 Å². The number of hydrogen-bond acceptors (Lipinski definition) is 10. The molecule has 1 N–H and O–H groups in total. The maximum Gasteiger partial charge on any atom is 0.278 e. The van der Waals surface area contributed by atoms with Crippen LogP contribution in [-0.4, -0.2) is 88.6 Å². The van der Waals surface area contributed by atoms with Crippen molar-refractivity contribution in [1.82, 2.24) is 29.2 Å². The second-order valence-electron chi connectivity index (χ2n) is 10.9. The first-order valence-electron chi connectivity index (χ1n) is 14.3. The molecule has 6 heterocycles. The Morgan fingerprint density at radius 2 is 1.79 bits per heavy atom. The number of hydrogen-bond donors (Lipinski definition) is 1. The first-order valence-corrected chi connectivity index (χ1v) is 14.3. The summed E-state index contributed by atoms with van der Waals surface area (Å²) in [7, 11) is 3.78. The molecule has 0 aliphatic carbocycles. The topological polar surface area (TPSA) is 123 Å². The number of piperazine rings is 1. The van der Waals surface area contributed by atoms with Crippen molar-refractivity contribution in [3.63, 3.8) is 0 Å². The largest absolute Gasteiger partial charge is 0.497 e. The number of aromatic nitrogens is 5. The second-order valence-corrected chi connectivity index (χ2v) is 10.9. The minimum Gasteiger partial charge on any atom is -0.497 e. The van der Waals surface area contributed by atoms with Gasteiger partial charge in [-0.2, -0.15) is 4.98 Å². The van der Waals surface area contributed by atoms with Gasteiger partial charge in [-0.1, -0.05) is 0 Å². The van der Waals surface area contributed by atoms with Crippen LogP contribution in [-0.2, 0) is 11.3 Å². The lowest BCUT2D eigenvalue weighted by Gasteiger charge is -2.34. The maximum atomic E-state index is 13.6. The third-order valence-corrected chi connectivity index (χ3v) is 8.13. The van der Waals surface area contributed by atoms with Crippen molar-refractivity contribution in [3.05, 3.63) is 46.9 Å². The van der Waals surface area contributed by atoms with Crippen molar-refractivity contribution < 1.29 is 14.3 Å². The molecular formula is C29H33N9O4. The van der Waals surface area contributed by atoms with Crippen LogP contribution in [0.5, 0.6) is 11.5 Å². The van der Waals surface area contributed by atoms with Crippen molar-refractivity contribution in [2.75, 3.05) is 68.6 Å². The number of carbonyl (C=O) groups excluding carboxylic acids is 1. The van der Waals surface area contributed by atoms with Gasteiger partial charge in [0.2, 0.25) is 5.95 Å². The first kappa shape index (κ1) is 26.3. The number of ether oxygens (including phenoxy) is 2. The van der Waals surface area contributed by atoms with E-state index in [0.29, 0.717) is 47.5 Å². The summed E-state index contributed by atoms with van der Waals surface area (Å²) in [5.74, 6) is 2.44. The molecule has 0 atom stereocenters. The molecule has 4 aromatic rings. The molecule has 0 radical (unpaired) electrons. The van der Waals surface area contributed by atoms with Gasteiger partial charge >= 0.3 is 0 Å². The Morgan fingerprint density at radius 1 is 0.952 bits per heavy atom. The summed E-state index contributed by atoms with van der Waals surface area (Å²) in [6, 6.07) is 9.58. The minimum absolute atomic E-state index is 0.00572. The standard InChI is InChI=1S/C29H33N9O4/c1-34-10-12-35(13-11-34)20-14-19(15-21(16-20)41-2)31-29-30-17-22-26(33-29)38-24-7-6-23-27(32-24)36(25(39)18-42-23)8-4-3-5-9-37(38)28(22)40/h6-7,14-17H,3-5,8-13,18H2,1-2H3,(H,30,31,33). The van der Waals surface area contributed by atoms with Crippen molar-refractivity contribution in [2.45, 2.75) is 25.8 Å². The number of nitrogens with zero attached hydrogens (tertiary/aromatic N) is 8. The van der Waals surface area contributed by atoms with Crippen LogP contribution in [0.25, 0.3) is 16.9 Å². The van der Waals surface area contributed by atoms with Crippen molar-refractivity contribution in [1.29, 1.82) is 0 Å². The van der Waals surface area contributed by atoms with Gasteiger partial charge in [0.1, 0.15) is 11.1 Å². The number of methoxy groups -OCH3 is 1. The van der Waals surface area contributed by atoms with Gasteiger partial charge in [0, 0.05) is 69.0 Å². The Labute approximate surface area is 242 Å². The first-order chi connectivity index (χ1) is 20.5. The summed E-state index contributed by atoms with van der Waals surface area (Å²) in [6.45, 7) is 4.87. The van der Waals surface area contributed by atoms with Gasteiger partial charge in [-0.15, -0.1) is 0 Å². The fraction of sp³-hybridized carbons (Fsp3) is 0.414. The monoisotopic (exact) mass is 571 g/mol. The Bertz CT molecular complexity index is 1720. The van der Waals surface area contributed by atoms with E-state index < -0.39 is 0 Å². The molecule has 2 bridgehead atoms. The Kier molecular flexibility index (Phi) is 6.65. The van der Waals surface area contributed by atoms with E-state index in [1.165, 1.54) is 0 Å². The van der Waals surface area contributed by atoms with E-state index in [1.807, 2.05) is 12.1 Å². The Hall–Kier alpha value is -4.65. The predicted octanol–water partition coefficient (Wildman–Crippen LogP) is 2.39. The molecule has 7 rings (SSSR count). The summed E-state index contributed by atoms with van der Waals surface area (Å²) >= 11 is 0. The number of amides is 1. The summed E-state index contributed by atoms with van der Waals surface area (Å²) in [4.78, 5) is 46.7. The van der Waals surface area contributed by atoms with Gasteiger partial charge < -0.3 is 24.6 Å². The molecule has 3 aliphatic rings. The lowest BCUT2D eigenvalue weighted by molar-refractivity contribution is -0.121. The van der Waals surface area contributed by atoms with Crippen LogP contribution in [0.4, 0.5) is 23.1 Å². The fourth-order valence-corrected chi connectivity index (χ4v) is 5.80. The van der Waals surface area contributed by atoms with Gasteiger partial charge in [-0.05, 0) is 44.5 Å². The molecule has 0 unspecified atom stereocenters. The Morgan fingerprint density at radius 3 is 2.62 bits per heavy atom. The highest BCUT2D eigenvalue weighted by molar-refractivity contribution is 5.96. The number of anilines is 4. The molecule has 1 amide bonds. The normalized spacial score (nSPS) is 17.4.